The van der Waals surface area contributed by atoms with Crippen LogP contribution in [0.5, 0.6) is 5.75 Å². The molecule has 0 saturated heterocycles. The summed E-state index contributed by atoms with van der Waals surface area (Å²) in [5.41, 5.74) is 1.20. The summed E-state index contributed by atoms with van der Waals surface area (Å²) < 4.78 is 0. The van der Waals surface area contributed by atoms with E-state index in [4.69, 9.17) is 0 Å². The van der Waals surface area contributed by atoms with Crippen molar-refractivity contribution in [1.82, 2.24) is 20.6 Å². The first-order valence-electron chi connectivity index (χ1n) is 6.54. The fraction of sp³-hybridized carbons (Fsp3) is 0.154. The third-order valence-electron chi connectivity index (χ3n) is 2.77. The van der Waals surface area contributed by atoms with E-state index in [0.29, 0.717) is 5.56 Å². The van der Waals surface area contributed by atoms with Crippen LogP contribution in [-0.4, -0.2) is 38.5 Å². The maximum atomic E-state index is 11.8. The number of aromatic hydroxyl groups is 1. The van der Waals surface area contributed by atoms with Gasteiger partial charge in [0.25, 0.3) is 11.5 Å². The molecule has 0 aliphatic carbocycles. The quantitative estimate of drug-likeness (QED) is 0.356. The highest BCUT2D eigenvalue weighted by Crippen LogP contribution is 2.12. The number of hydrogen-bond donors (Lipinski definition) is 5. The highest BCUT2D eigenvalue weighted by molar-refractivity contribution is 5.87. The van der Waals surface area contributed by atoms with Crippen molar-refractivity contribution in [3.63, 3.8) is 0 Å². The van der Waals surface area contributed by atoms with E-state index >= 15 is 0 Å². The second-order valence-corrected chi connectivity index (χ2v) is 4.51. The maximum absolute atomic E-state index is 11.8. The lowest BCUT2D eigenvalue weighted by atomic mass is 10.2. The number of aromatic nitrogens is 3. The molecule has 2 aromatic rings. The molecule has 10 heteroatoms. The second-order valence-electron chi connectivity index (χ2n) is 4.51. The number of phenolic OH excluding ortho intramolecular Hbond substituents is 1. The summed E-state index contributed by atoms with van der Waals surface area (Å²) in [6, 6.07) is 5.64. The molecule has 1 unspecified atom stereocenters. The lowest BCUT2D eigenvalue weighted by molar-refractivity contribution is -0.121. The predicted octanol–water partition coefficient (Wildman–Crippen LogP) is -0.885. The molecule has 0 aliphatic heterocycles. The van der Waals surface area contributed by atoms with Crippen LogP contribution in [0.25, 0.3) is 0 Å². The van der Waals surface area contributed by atoms with Gasteiger partial charge in [-0.2, -0.15) is 5.10 Å². The molecule has 0 fully saturated rings. The van der Waals surface area contributed by atoms with Crippen molar-refractivity contribution in [3.05, 3.63) is 50.7 Å². The molecule has 0 bridgehead atoms. The molecule has 23 heavy (non-hydrogen) atoms. The van der Waals surface area contributed by atoms with Gasteiger partial charge in [-0.25, -0.2) is 15.3 Å². The number of carbonyl (C=O) groups excluding carboxylic acids is 1. The van der Waals surface area contributed by atoms with Gasteiger partial charge in [0.1, 0.15) is 11.8 Å². The zero-order valence-corrected chi connectivity index (χ0v) is 12.0. The summed E-state index contributed by atoms with van der Waals surface area (Å²) >= 11 is 0. The van der Waals surface area contributed by atoms with Gasteiger partial charge in [0.2, 0.25) is 5.82 Å². The smallest absolute Gasteiger partial charge is 0.342 e. The lowest BCUT2D eigenvalue weighted by Gasteiger charge is -2.11. The van der Waals surface area contributed by atoms with Crippen LogP contribution in [0.1, 0.15) is 12.5 Å². The Kier molecular flexibility index (Phi) is 4.87. The third-order valence-corrected chi connectivity index (χ3v) is 2.77. The third kappa shape index (κ3) is 4.27. The topological polar surface area (TPSA) is 152 Å². The van der Waals surface area contributed by atoms with Crippen molar-refractivity contribution >= 4 is 17.9 Å². The van der Waals surface area contributed by atoms with Gasteiger partial charge in [-0.1, -0.05) is 12.1 Å². The fourth-order valence-corrected chi connectivity index (χ4v) is 1.58. The molecule has 0 radical (unpaired) electrons. The van der Waals surface area contributed by atoms with Gasteiger partial charge in [-0.05, 0) is 19.1 Å². The van der Waals surface area contributed by atoms with Crippen molar-refractivity contribution in [3.8, 4) is 5.75 Å². The molecule has 1 amide bonds. The molecule has 10 nitrogen and oxygen atoms in total. The van der Waals surface area contributed by atoms with Crippen LogP contribution in [-0.2, 0) is 4.79 Å². The Balaban J connectivity index is 1.96. The summed E-state index contributed by atoms with van der Waals surface area (Å²) in [5, 5.41) is 21.3. The van der Waals surface area contributed by atoms with Crippen LogP contribution >= 0.6 is 0 Å². The number of amides is 1. The Morgan fingerprint density at radius 2 is 2.13 bits per heavy atom. The van der Waals surface area contributed by atoms with E-state index in [-0.39, 0.29) is 11.6 Å². The first kappa shape index (κ1) is 15.9. The van der Waals surface area contributed by atoms with Gasteiger partial charge < -0.3 is 10.4 Å². The van der Waals surface area contributed by atoms with Gasteiger partial charge in [-0.15, -0.1) is 5.10 Å². The summed E-state index contributed by atoms with van der Waals surface area (Å²) in [5.74, 6) is -0.707. The summed E-state index contributed by atoms with van der Waals surface area (Å²) in [6.45, 7) is 1.48. The van der Waals surface area contributed by atoms with Crippen LogP contribution in [0.2, 0.25) is 0 Å². The Morgan fingerprint density at radius 3 is 2.83 bits per heavy atom. The SMILES string of the molecule is CC(Nc1n[nH]c(=O)[nH]c1=O)C(=O)N/N=C/c1ccccc1O. The molecule has 1 aromatic heterocycles. The molecule has 1 aromatic carbocycles. The monoisotopic (exact) mass is 318 g/mol. The van der Waals surface area contributed by atoms with Gasteiger partial charge >= 0.3 is 5.69 Å². The first-order chi connectivity index (χ1) is 11.0. The highest BCUT2D eigenvalue weighted by Gasteiger charge is 2.14. The van der Waals surface area contributed by atoms with Crippen LogP contribution in [0.15, 0.2) is 39.0 Å². The number of para-hydroxylation sites is 1. The van der Waals surface area contributed by atoms with Gasteiger partial charge in [0, 0.05) is 5.56 Å². The second kappa shape index (κ2) is 7.02. The van der Waals surface area contributed by atoms with Gasteiger partial charge in [-0.3, -0.25) is 14.6 Å². The number of hydrogen-bond acceptors (Lipinski definition) is 7. The number of rotatable bonds is 5. The summed E-state index contributed by atoms with van der Waals surface area (Å²) in [6.07, 6.45) is 1.28. The largest absolute Gasteiger partial charge is 0.507 e. The van der Waals surface area contributed by atoms with Crippen LogP contribution in [0.4, 0.5) is 5.82 Å². The Labute approximate surface area is 129 Å². The molecule has 5 N–H and O–H groups in total. The molecule has 1 heterocycles. The van der Waals surface area contributed by atoms with Crippen molar-refractivity contribution in [1.29, 1.82) is 0 Å². The summed E-state index contributed by atoms with van der Waals surface area (Å²) in [4.78, 5) is 36.1. The maximum Gasteiger partial charge on any atom is 0.342 e. The van der Waals surface area contributed by atoms with Crippen molar-refractivity contribution in [2.24, 2.45) is 5.10 Å². The number of benzene rings is 1. The number of carbonyl (C=O) groups is 1. The first-order valence-corrected chi connectivity index (χ1v) is 6.54. The lowest BCUT2D eigenvalue weighted by Crippen LogP contribution is -2.38. The predicted molar refractivity (Wildman–Crippen MR) is 82.4 cm³/mol. The average molecular weight is 318 g/mol. The minimum Gasteiger partial charge on any atom is -0.507 e. The molecule has 1 atom stereocenters. The number of nitrogens with one attached hydrogen (secondary N) is 4. The Bertz CT molecular complexity index is 841. The van der Waals surface area contributed by atoms with Crippen LogP contribution in [0, 0.1) is 0 Å². The molecule has 0 spiro atoms. The van der Waals surface area contributed by atoms with Crippen LogP contribution in [0.3, 0.4) is 0 Å². The number of aromatic amines is 2. The van der Waals surface area contributed by atoms with E-state index in [1.165, 1.54) is 19.2 Å². The molecule has 120 valence electrons. The van der Waals surface area contributed by atoms with Crippen molar-refractivity contribution in [2.75, 3.05) is 5.32 Å². The van der Waals surface area contributed by atoms with Crippen LogP contribution < -0.4 is 22.0 Å². The van der Waals surface area contributed by atoms with E-state index in [2.05, 4.69) is 20.9 Å². The number of H-pyrrole nitrogens is 2. The van der Waals surface area contributed by atoms with Gasteiger partial charge in [0.05, 0.1) is 6.21 Å². The normalized spacial score (nSPS) is 12.0. The van der Waals surface area contributed by atoms with E-state index in [1.807, 2.05) is 10.1 Å². The standard InChI is InChI=1S/C13H14N6O4/c1-7(15-10-12(22)16-13(23)19-17-10)11(21)18-14-6-8-4-2-3-5-9(8)20/h2-7,20H,1H3,(H,15,17)(H,18,21)(H2,16,19,22,23)/b14-6+. The number of nitrogens with zero attached hydrogens (tertiary/aromatic N) is 2. The number of anilines is 1. The zero-order chi connectivity index (χ0) is 16.8. The molecular formula is C13H14N6O4. The van der Waals surface area contributed by atoms with Crippen molar-refractivity contribution in [2.45, 2.75) is 13.0 Å². The fourth-order valence-electron chi connectivity index (χ4n) is 1.58. The molecular weight excluding hydrogens is 304 g/mol. The Hall–Kier alpha value is -3.43. The minimum atomic E-state index is -0.837. The van der Waals surface area contributed by atoms with E-state index in [1.54, 1.807) is 18.2 Å². The summed E-state index contributed by atoms with van der Waals surface area (Å²) in [7, 11) is 0. The number of phenols is 1. The molecule has 2 rings (SSSR count). The highest BCUT2D eigenvalue weighted by atomic mass is 16.3. The Morgan fingerprint density at radius 1 is 1.39 bits per heavy atom. The van der Waals surface area contributed by atoms with Crippen molar-refractivity contribution < 1.29 is 9.90 Å². The van der Waals surface area contributed by atoms with E-state index in [0.717, 1.165) is 0 Å². The van der Waals surface area contributed by atoms with Gasteiger partial charge in [0.15, 0.2) is 0 Å². The average Bonchev–Trinajstić information content (AvgIpc) is 2.51. The number of hydrazone groups is 1. The minimum absolute atomic E-state index is 0.0284. The zero-order valence-electron chi connectivity index (χ0n) is 12.0. The van der Waals surface area contributed by atoms with E-state index < -0.39 is 23.2 Å². The molecule has 0 aliphatic rings. The van der Waals surface area contributed by atoms with E-state index in [9.17, 15) is 19.5 Å². The molecule has 0 saturated carbocycles.